The van der Waals surface area contributed by atoms with Gasteiger partial charge in [-0.2, -0.15) is 4.99 Å². The molecule has 4 N–H and O–H groups in total. The fraction of sp³-hybridized carbons (Fsp3) is 0.280. The molecule has 9 nitrogen and oxygen atoms in total. The number of guanidine groups is 1. The lowest BCUT2D eigenvalue weighted by molar-refractivity contribution is -0.117. The lowest BCUT2D eigenvalue weighted by atomic mass is 10.1. The zero-order chi connectivity index (χ0) is 27.3. The van der Waals surface area contributed by atoms with Crippen molar-refractivity contribution < 1.29 is 19.1 Å². The molecule has 0 aliphatic rings. The molecule has 0 radical (unpaired) electrons. The van der Waals surface area contributed by atoms with Gasteiger partial charge in [0.15, 0.2) is 0 Å². The SMILES string of the molecule is CC(=O)Nc1c(Cl)cc(CN/C(=N/C(=O)Cc2c[nH]c3cc(Br)ccc23)NC(=O)OC(C)(C)C)cc1Cl. The average molecular weight is 611 g/mol. The molecule has 0 saturated carbocycles. The molecule has 12 heteroatoms. The highest BCUT2D eigenvalue weighted by molar-refractivity contribution is 9.10. The van der Waals surface area contributed by atoms with Crippen LogP contribution in [-0.4, -0.2) is 34.5 Å². The number of aromatic amines is 1. The maximum absolute atomic E-state index is 12.8. The van der Waals surface area contributed by atoms with Crippen molar-refractivity contribution in [3.63, 3.8) is 0 Å². The number of hydrogen-bond acceptors (Lipinski definition) is 4. The van der Waals surface area contributed by atoms with Crippen LogP contribution < -0.4 is 16.0 Å². The molecule has 2 aromatic carbocycles. The summed E-state index contributed by atoms with van der Waals surface area (Å²) in [6.07, 6.45) is 0.978. The van der Waals surface area contributed by atoms with Crippen LogP contribution in [0.1, 0.15) is 38.8 Å². The number of H-pyrrole nitrogens is 1. The van der Waals surface area contributed by atoms with Crippen LogP contribution in [0.5, 0.6) is 0 Å². The first-order valence-corrected chi connectivity index (χ1v) is 12.7. The molecular formula is C25H26BrCl2N5O4. The lowest BCUT2D eigenvalue weighted by Crippen LogP contribution is -2.43. The van der Waals surface area contributed by atoms with Crippen molar-refractivity contribution in [3.8, 4) is 0 Å². The summed E-state index contributed by atoms with van der Waals surface area (Å²) >= 11 is 16.0. The van der Waals surface area contributed by atoms with Crippen molar-refractivity contribution in [1.29, 1.82) is 0 Å². The zero-order valence-electron chi connectivity index (χ0n) is 20.6. The van der Waals surface area contributed by atoms with Gasteiger partial charge in [0.1, 0.15) is 5.60 Å². The maximum Gasteiger partial charge on any atom is 0.414 e. The van der Waals surface area contributed by atoms with Crippen molar-refractivity contribution in [2.75, 3.05) is 5.32 Å². The van der Waals surface area contributed by atoms with Gasteiger partial charge in [-0.3, -0.25) is 14.9 Å². The highest BCUT2D eigenvalue weighted by atomic mass is 79.9. The van der Waals surface area contributed by atoms with Crippen LogP contribution in [0, 0.1) is 0 Å². The second kappa shape index (κ2) is 12.0. The monoisotopic (exact) mass is 609 g/mol. The van der Waals surface area contributed by atoms with E-state index in [1.165, 1.54) is 6.92 Å². The molecule has 3 rings (SSSR count). The Balaban J connectivity index is 1.80. The predicted molar refractivity (Wildman–Crippen MR) is 149 cm³/mol. The van der Waals surface area contributed by atoms with Gasteiger partial charge in [-0.25, -0.2) is 4.79 Å². The van der Waals surface area contributed by atoms with Crippen LogP contribution in [0.25, 0.3) is 10.9 Å². The van der Waals surface area contributed by atoms with Crippen LogP contribution in [0.4, 0.5) is 10.5 Å². The number of aliphatic imine (C=N–C) groups is 1. The molecule has 3 aromatic rings. The van der Waals surface area contributed by atoms with E-state index in [-0.39, 0.29) is 34.9 Å². The number of ether oxygens (including phenoxy) is 1. The number of rotatable bonds is 5. The summed E-state index contributed by atoms with van der Waals surface area (Å²) in [7, 11) is 0. The molecule has 0 fully saturated rings. The number of hydrogen-bond donors (Lipinski definition) is 4. The Kier molecular flexibility index (Phi) is 9.22. The molecule has 0 spiro atoms. The number of nitrogens with one attached hydrogen (secondary N) is 4. The minimum absolute atomic E-state index is 0.00583. The normalized spacial score (nSPS) is 11.8. The number of aromatic nitrogens is 1. The number of halogens is 3. The van der Waals surface area contributed by atoms with Crippen molar-refractivity contribution in [2.24, 2.45) is 4.99 Å². The summed E-state index contributed by atoms with van der Waals surface area (Å²) < 4.78 is 6.21. The van der Waals surface area contributed by atoms with E-state index in [1.807, 2.05) is 18.2 Å². The van der Waals surface area contributed by atoms with Gasteiger partial charge in [-0.15, -0.1) is 0 Å². The van der Waals surface area contributed by atoms with Crippen molar-refractivity contribution in [1.82, 2.24) is 15.6 Å². The largest absolute Gasteiger partial charge is 0.444 e. The smallest absolute Gasteiger partial charge is 0.414 e. The molecule has 0 unspecified atom stereocenters. The van der Waals surface area contributed by atoms with Crippen molar-refractivity contribution in [3.05, 3.63) is 62.2 Å². The number of anilines is 1. The molecule has 196 valence electrons. The first-order valence-electron chi connectivity index (χ1n) is 11.2. The third-order valence-corrected chi connectivity index (χ3v) is 5.88. The van der Waals surface area contributed by atoms with Gasteiger partial charge in [0.2, 0.25) is 11.9 Å². The highest BCUT2D eigenvalue weighted by Gasteiger charge is 2.19. The van der Waals surface area contributed by atoms with Gasteiger partial charge < -0.3 is 20.4 Å². The molecule has 0 saturated heterocycles. The number of alkyl carbamates (subject to hydrolysis) is 1. The topological polar surface area (TPSA) is 125 Å². The second-order valence-corrected chi connectivity index (χ2v) is 10.9. The molecule has 0 aliphatic carbocycles. The third-order valence-electron chi connectivity index (χ3n) is 4.79. The summed E-state index contributed by atoms with van der Waals surface area (Å²) in [6, 6.07) is 8.90. The Morgan fingerprint density at radius 3 is 2.41 bits per heavy atom. The first kappa shape index (κ1) is 28.5. The van der Waals surface area contributed by atoms with Gasteiger partial charge in [0, 0.05) is 35.0 Å². The minimum atomic E-state index is -0.777. The van der Waals surface area contributed by atoms with E-state index in [9.17, 15) is 14.4 Å². The molecule has 1 heterocycles. The van der Waals surface area contributed by atoms with Gasteiger partial charge in [-0.05, 0) is 56.2 Å². The standard InChI is InChI=1S/C25H26BrCl2N5O4/c1-13(34)31-22-18(27)7-14(8-19(22)28)11-30-23(33-24(36)37-25(2,3)4)32-21(35)9-15-12-29-20-10-16(26)5-6-17(15)20/h5-8,10,12,29H,9,11H2,1-4H3,(H,31,34)(H2,30,32,33,35,36). The van der Waals surface area contributed by atoms with Crippen LogP contribution in [0.2, 0.25) is 10.0 Å². The fourth-order valence-corrected chi connectivity index (χ4v) is 4.34. The van der Waals surface area contributed by atoms with Gasteiger partial charge in [0.25, 0.3) is 5.91 Å². The number of fused-ring (bicyclic) bond motifs is 1. The molecule has 3 amide bonds. The van der Waals surface area contributed by atoms with E-state index >= 15 is 0 Å². The number of amides is 3. The molecule has 1 aromatic heterocycles. The summed E-state index contributed by atoms with van der Waals surface area (Å²) in [5, 5.41) is 9.35. The van der Waals surface area contributed by atoms with E-state index in [2.05, 4.69) is 41.9 Å². The Hall–Kier alpha value is -3.08. The second-order valence-electron chi connectivity index (χ2n) is 9.13. The van der Waals surface area contributed by atoms with Crippen LogP contribution in [0.3, 0.4) is 0 Å². The molecular weight excluding hydrogens is 585 g/mol. The van der Waals surface area contributed by atoms with Crippen LogP contribution >= 0.6 is 39.1 Å². The Morgan fingerprint density at radius 2 is 1.78 bits per heavy atom. The van der Waals surface area contributed by atoms with Gasteiger partial charge in [0.05, 0.1) is 22.2 Å². The lowest BCUT2D eigenvalue weighted by Gasteiger charge is -2.20. The number of benzene rings is 2. The quantitative estimate of drug-likeness (QED) is 0.210. The number of carbonyl (C=O) groups is 3. The Bertz CT molecular complexity index is 1360. The Labute approximate surface area is 232 Å². The summed E-state index contributed by atoms with van der Waals surface area (Å²) in [5.74, 6) is -0.897. The van der Waals surface area contributed by atoms with E-state index in [0.717, 1.165) is 20.9 Å². The zero-order valence-corrected chi connectivity index (χ0v) is 23.7. The highest BCUT2D eigenvalue weighted by Crippen LogP contribution is 2.32. The molecule has 0 bridgehead atoms. The van der Waals surface area contributed by atoms with Crippen molar-refractivity contribution >= 4 is 79.6 Å². The third kappa shape index (κ3) is 8.48. The average Bonchev–Trinajstić information content (AvgIpc) is 3.14. The van der Waals surface area contributed by atoms with Crippen LogP contribution in [0.15, 0.2) is 46.0 Å². The molecule has 0 aliphatic heterocycles. The summed E-state index contributed by atoms with van der Waals surface area (Å²) in [5.41, 5.74) is 1.81. The van der Waals surface area contributed by atoms with E-state index < -0.39 is 17.6 Å². The van der Waals surface area contributed by atoms with Crippen LogP contribution in [-0.2, 0) is 27.3 Å². The molecule has 37 heavy (non-hydrogen) atoms. The van der Waals surface area contributed by atoms with E-state index in [1.54, 1.807) is 39.1 Å². The summed E-state index contributed by atoms with van der Waals surface area (Å²) in [6.45, 7) is 6.62. The predicted octanol–water partition coefficient (Wildman–Crippen LogP) is 5.94. The van der Waals surface area contributed by atoms with Crippen molar-refractivity contribution in [2.45, 2.75) is 46.3 Å². The first-order chi connectivity index (χ1) is 17.3. The molecule has 0 atom stereocenters. The number of carbonyl (C=O) groups excluding carboxylic acids is 3. The van der Waals surface area contributed by atoms with E-state index in [4.69, 9.17) is 27.9 Å². The number of nitrogens with zero attached hydrogens (tertiary/aromatic N) is 1. The van der Waals surface area contributed by atoms with Gasteiger partial charge in [-0.1, -0.05) is 45.2 Å². The minimum Gasteiger partial charge on any atom is -0.444 e. The fourth-order valence-electron chi connectivity index (χ4n) is 3.35. The van der Waals surface area contributed by atoms with Gasteiger partial charge >= 0.3 is 6.09 Å². The van der Waals surface area contributed by atoms with E-state index in [0.29, 0.717) is 11.3 Å². The summed E-state index contributed by atoms with van der Waals surface area (Å²) in [4.78, 5) is 43.8. The Morgan fingerprint density at radius 1 is 1.11 bits per heavy atom. The maximum atomic E-state index is 12.8.